The molecule has 0 spiro atoms. The molecule has 1 aromatic rings. The number of hydrogen-bond donors (Lipinski definition) is 2. The Kier molecular flexibility index (Phi) is 5.74. The Bertz CT molecular complexity index is 344. The lowest BCUT2D eigenvalue weighted by Gasteiger charge is -2.09. The molecule has 0 fully saturated rings. The fourth-order valence-corrected chi connectivity index (χ4v) is 1.50. The second-order valence-electron chi connectivity index (χ2n) is 3.39. The summed E-state index contributed by atoms with van der Waals surface area (Å²) in [5.74, 6) is 0. The standard InChI is InChI=1S/C11H17N3OS/c1-15-8-3-2-6-13-9-5-4-7-14-10(9)11(12)16/h4-5,7,13H,2-3,6,8H2,1H3,(H2,12,16). The van der Waals surface area contributed by atoms with Crippen molar-refractivity contribution < 1.29 is 4.74 Å². The van der Waals surface area contributed by atoms with Crippen molar-refractivity contribution in [1.82, 2.24) is 4.98 Å². The van der Waals surface area contributed by atoms with Gasteiger partial charge in [-0.2, -0.15) is 0 Å². The van der Waals surface area contributed by atoms with E-state index in [0.717, 1.165) is 31.7 Å². The molecule has 16 heavy (non-hydrogen) atoms. The van der Waals surface area contributed by atoms with E-state index in [0.29, 0.717) is 10.7 Å². The minimum atomic E-state index is 0.319. The van der Waals surface area contributed by atoms with Crippen molar-refractivity contribution in [2.24, 2.45) is 5.73 Å². The molecule has 5 heteroatoms. The highest BCUT2D eigenvalue weighted by molar-refractivity contribution is 7.80. The number of thiocarbonyl (C=S) groups is 1. The average molecular weight is 239 g/mol. The number of nitrogens with zero attached hydrogens (tertiary/aromatic N) is 1. The highest BCUT2D eigenvalue weighted by atomic mass is 32.1. The van der Waals surface area contributed by atoms with E-state index in [2.05, 4.69) is 10.3 Å². The molecule has 0 aliphatic carbocycles. The van der Waals surface area contributed by atoms with E-state index in [4.69, 9.17) is 22.7 Å². The zero-order valence-corrected chi connectivity index (χ0v) is 10.2. The SMILES string of the molecule is COCCCCNc1cccnc1C(N)=S. The predicted octanol–water partition coefficient (Wildman–Crippen LogP) is 1.55. The zero-order chi connectivity index (χ0) is 11.8. The van der Waals surface area contributed by atoms with Crippen LogP contribution in [0.3, 0.4) is 0 Å². The van der Waals surface area contributed by atoms with E-state index in [1.54, 1.807) is 13.3 Å². The summed E-state index contributed by atoms with van der Waals surface area (Å²) in [4.78, 5) is 4.46. The normalized spacial score (nSPS) is 10.1. The van der Waals surface area contributed by atoms with Crippen LogP contribution in [-0.4, -0.2) is 30.2 Å². The molecule has 0 bridgehead atoms. The molecule has 3 N–H and O–H groups in total. The number of nitrogens with two attached hydrogens (primary N) is 1. The van der Waals surface area contributed by atoms with Gasteiger partial charge in [-0.05, 0) is 25.0 Å². The summed E-state index contributed by atoms with van der Waals surface area (Å²) in [6, 6.07) is 3.79. The van der Waals surface area contributed by atoms with Gasteiger partial charge in [0.25, 0.3) is 0 Å². The predicted molar refractivity (Wildman–Crippen MR) is 69.7 cm³/mol. The third-order valence-corrected chi connectivity index (χ3v) is 2.33. The van der Waals surface area contributed by atoms with Gasteiger partial charge in [-0.3, -0.25) is 4.98 Å². The highest BCUT2D eigenvalue weighted by Gasteiger charge is 2.04. The lowest BCUT2D eigenvalue weighted by Crippen LogP contribution is -2.15. The summed E-state index contributed by atoms with van der Waals surface area (Å²) in [6.07, 6.45) is 3.76. The van der Waals surface area contributed by atoms with Crippen LogP contribution in [0.1, 0.15) is 18.5 Å². The maximum absolute atomic E-state index is 5.58. The molecule has 0 saturated carbocycles. The summed E-state index contributed by atoms with van der Waals surface area (Å²) in [6.45, 7) is 1.65. The second-order valence-corrected chi connectivity index (χ2v) is 3.83. The summed E-state index contributed by atoms with van der Waals surface area (Å²) < 4.78 is 4.98. The van der Waals surface area contributed by atoms with E-state index >= 15 is 0 Å². The van der Waals surface area contributed by atoms with Crippen LogP contribution in [0.4, 0.5) is 5.69 Å². The number of rotatable bonds is 7. The first-order valence-electron chi connectivity index (χ1n) is 5.23. The fourth-order valence-electron chi connectivity index (χ4n) is 1.34. The molecule has 88 valence electrons. The number of pyridine rings is 1. The molecule has 0 radical (unpaired) electrons. The Balaban J connectivity index is 2.44. The van der Waals surface area contributed by atoms with E-state index in [1.807, 2.05) is 12.1 Å². The molecule has 0 amide bonds. The van der Waals surface area contributed by atoms with Gasteiger partial charge in [-0.1, -0.05) is 12.2 Å². The Morgan fingerprint density at radius 1 is 1.56 bits per heavy atom. The molecule has 0 aliphatic heterocycles. The molecule has 0 saturated heterocycles. The zero-order valence-electron chi connectivity index (χ0n) is 9.40. The summed E-state index contributed by atoms with van der Waals surface area (Å²) in [5.41, 5.74) is 7.13. The first kappa shape index (κ1) is 12.9. The largest absolute Gasteiger partial charge is 0.388 e. The number of hydrogen-bond acceptors (Lipinski definition) is 4. The van der Waals surface area contributed by atoms with Crippen molar-refractivity contribution in [2.45, 2.75) is 12.8 Å². The quantitative estimate of drug-likeness (QED) is 0.558. The first-order valence-corrected chi connectivity index (χ1v) is 5.64. The molecular weight excluding hydrogens is 222 g/mol. The maximum atomic E-state index is 5.58. The van der Waals surface area contributed by atoms with Crippen LogP contribution < -0.4 is 11.1 Å². The second kappa shape index (κ2) is 7.14. The topological polar surface area (TPSA) is 60.2 Å². The van der Waals surface area contributed by atoms with Crippen molar-refractivity contribution in [3.63, 3.8) is 0 Å². The Morgan fingerprint density at radius 3 is 3.06 bits per heavy atom. The number of aromatic nitrogens is 1. The van der Waals surface area contributed by atoms with Gasteiger partial charge < -0.3 is 15.8 Å². The van der Waals surface area contributed by atoms with Crippen LogP contribution >= 0.6 is 12.2 Å². The van der Waals surface area contributed by atoms with Gasteiger partial charge in [0.2, 0.25) is 0 Å². The van der Waals surface area contributed by atoms with E-state index in [1.165, 1.54) is 0 Å². The van der Waals surface area contributed by atoms with E-state index in [-0.39, 0.29) is 0 Å². The highest BCUT2D eigenvalue weighted by Crippen LogP contribution is 2.11. The maximum Gasteiger partial charge on any atom is 0.124 e. The fraction of sp³-hybridized carbons (Fsp3) is 0.455. The molecule has 0 unspecified atom stereocenters. The lowest BCUT2D eigenvalue weighted by molar-refractivity contribution is 0.194. The monoisotopic (exact) mass is 239 g/mol. The van der Waals surface area contributed by atoms with Gasteiger partial charge in [0, 0.05) is 26.5 Å². The van der Waals surface area contributed by atoms with Crippen LogP contribution in [-0.2, 0) is 4.74 Å². The van der Waals surface area contributed by atoms with Crippen molar-refractivity contribution in [1.29, 1.82) is 0 Å². The molecule has 1 heterocycles. The van der Waals surface area contributed by atoms with Gasteiger partial charge in [-0.25, -0.2) is 0 Å². The third-order valence-electron chi connectivity index (χ3n) is 2.13. The van der Waals surface area contributed by atoms with Crippen LogP contribution in [0, 0.1) is 0 Å². The summed E-state index contributed by atoms with van der Waals surface area (Å²) >= 11 is 4.93. The molecule has 0 atom stereocenters. The first-order chi connectivity index (χ1) is 7.75. The number of methoxy groups -OCH3 is 1. The van der Waals surface area contributed by atoms with Crippen molar-refractivity contribution in [3.8, 4) is 0 Å². The molecule has 1 aromatic heterocycles. The van der Waals surface area contributed by atoms with Crippen LogP contribution in [0.2, 0.25) is 0 Å². The molecule has 0 aromatic carbocycles. The molecule has 1 rings (SSSR count). The Labute approximate surface area is 101 Å². The third kappa shape index (κ3) is 4.12. The lowest BCUT2D eigenvalue weighted by atomic mass is 10.2. The Morgan fingerprint density at radius 2 is 2.38 bits per heavy atom. The number of nitrogens with one attached hydrogen (secondary N) is 1. The molecule has 0 aliphatic rings. The summed E-state index contributed by atoms with van der Waals surface area (Å²) in [7, 11) is 1.71. The molecule has 4 nitrogen and oxygen atoms in total. The van der Waals surface area contributed by atoms with Gasteiger partial charge in [-0.15, -0.1) is 0 Å². The Hall–Kier alpha value is -1.20. The van der Waals surface area contributed by atoms with Gasteiger partial charge in [0.1, 0.15) is 10.7 Å². The van der Waals surface area contributed by atoms with Crippen molar-refractivity contribution in [2.75, 3.05) is 25.6 Å². The van der Waals surface area contributed by atoms with Crippen LogP contribution in [0.25, 0.3) is 0 Å². The van der Waals surface area contributed by atoms with Crippen LogP contribution in [0.15, 0.2) is 18.3 Å². The smallest absolute Gasteiger partial charge is 0.124 e. The number of ether oxygens (including phenoxy) is 1. The minimum absolute atomic E-state index is 0.319. The van der Waals surface area contributed by atoms with Crippen LogP contribution in [0.5, 0.6) is 0 Å². The van der Waals surface area contributed by atoms with Crippen molar-refractivity contribution >= 4 is 22.9 Å². The summed E-state index contributed by atoms with van der Waals surface area (Å²) in [5, 5.41) is 3.27. The average Bonchev–Trinajstić information content (AvgIpc) is 2.29. The minimum Gasteiger partial charge on any atom is -0.388 e. The van der Waals surface area contributed by atoms with Gasteiger partial charge in [0.05, 0.1) is 5.69 Å². The van der Waals surface area contributed by atoms with Crippen molar-refractivity contribution in [3.05, 3.63) is 24.0 Å². The number of anilines is 1. The van der Waals surface area contributed by atoms with E-state index < -0.39 is 0 Å². The van der Waals surface area contributed by atoms with Gasteiger partial charge in [0.15, 0.2) is 0 Å². The number of unbranched alkanes of at least 4 members (excludes halogenated alkanes) is 1. The van der Waals surface area contributed by atoms with Gasteiger partial charge >= 0.3 is 0 Å². The van der Waals surface area contributed by atoms with E-state index in [9.17, 15) is 0 Å². The molecular formula is C11H17N3OS.